The second-order valence-electron chi connectivity index (χ2n) is 4.42. The largest absolute Gasteiger partial charge is 0.490 e. The van der Waals surface area contributed by atoms with Crippen molar-refractivity contribution in [2.24, 2.45) is 0 Å². The Bertz CT molecular complexity index is 617. The number of ether oxygens (including phenoxy) is 2. The molecule has 3 heteroatoms. The van der Waals surface area contributed by atoms with Crippen LogP contribution in [-0.2, 0) is 16.0 Å². The van der Waals surface area contributed by atoms with Gasteiger partial charge < -0.3 is 9.47 Å². The van der Waals surface area contributed by atoms with Crippen LogP contribution in [0.2, 0.25) is 0 Å². The molecule has 0 radical (unpaired) electrons. The monoisotopic (exact) mass is 270 g/mol. The lowest BCUT2D eigenvalue weighted by Crippen LogP contribution is -2.10. The third-order valence-corrected chi connectivity index (χ3v) is 3.05. The summed E-state index contributed by atoms with van der Waals surface area (Å²) in [5.74, 6) is 0.343. The molecule has 0 bridgehead atoms. The topological polar surface area (TPSA) is 35.5 Å². The number of carbonyl (C=O) groups excluding carboxylic acids is 1. The number of esters is 1. The zero-order valence-electron chi connectivity index (χ0n) is 11.6. The molecular formula is C17H18O3. The summed E-state index contributed by atoms with van der Waals surface area (Å²) in [4.78, 5) is 10.9. The van der Waals surface area contributed by atoms with Crippen molar-refractivity contribution >= 4 is 16.7 Å². The Morgan fingerprint density at radius 1 is 1.15 bits per heavy atom. The lowest BCUT2D eigenvalue weighted by molar-refractivity contribution is -0.138. The van der Waals surface area contributed by atoms with Crippen LogP contribution in [0, 0.1) is 0 Å². The highest BCUT2D eigenvalue weighted by atomic mass is 16.6. The predicted molar refractivity (Wildman–Crippen MR) is 80.0 cm³/mol. The summed E-state index contributed by atoms with van der Waals surface area (Å²) in [7, 11) is 0. The molecule has 3 nitrogen and oxygen atoms in total. The number of benzene rings is 2. The first-order valence-corrected chi connectivity index (χ1v) is 6.67. The molecule has 0 fully saturated rings. The molecule has 0 aliphatic rings. The van der Waals surface area contributed by atoms with Gasteiger partial charge in [0.15, 0.2) is 0 Å². The summed E-state index contributed by atoms with van der Waals surface area (Å²) in [5, 5.41) is 2.34. The fourth-order valence-corrected chi connectivity index (χ4v) is 1.94. The van der Waals surface area contributed by atoms with Crippen molar-refractivity contribution in [3.05, 3.63) is 54.6 Å². The van der Waals surface area contributed by atoms with E-state index in [0.717, 1.165) is 23.6 Å². The lowest BCUT2D eigenvalue weighted by atomic mass is 10.1. The number of aryl methyl sites for hydroxylation is 1. The van der Waals surface area contributed by atoms with Gasteiger partial charge >= 0.3 is 5.97 Å². The zero-order chi connectivity index (χ0) is 14.4. The van der Waals surface area contributed by atoms with E-state index >= 15 is 0 Å². The predicted octanol–water partition coefficient (Wildman–Crippen LogP) is 3.51. The van der Waals surface area contributed by atoms with Crippen LogP contribution in [0.15, 0.2) is 49.1 Å². The van der Waals surface area contributed by atoms with E-state index in [4.69, 9.17) is 9.47 Å². The van der Waals surface area contributed by atoms with Crippen LogP contribution in [0.3, 0.4) is 0 Å². The van der Waals surface area contributed by atoms with E-state index in [-0.39, 0.29) is 6.61 Å². The van der Waals surface area contributed by atoms with Crippen molar-refractivity contribution in [2.75, 3.05) is 13.2 Å². The van der Waals surface area contributed by atoms with Gasteiger partial charge in [0.05, 0.1) is 0 Å². The third kappa shape index (κ3) is 3.60. The second-order valence-corrected chi connectivity index (χ2v) is 4.42. The fraction of sp³-hybridized carbons (Fsp3) is 0.235. The average molecular weight is 270 g/mol. The molecule has 0 N–H and O–H groups in total. The minimum atomic E-state index is -0.431. The minimum absolute atomic E-state index is 0.220. The molecular weight excluding hydrogens is 252 g/mol. The lowest BCUT2D eigenvalue weighted by Gasteiger charge is -2.08. The van der Waals surface area contributed by atoms with Crippen molar-refractivity contribution in [3.63, 3.8) is 0 Å². The highest BCUT2D eigenvalue weighted by Gasteiger charge is 2.00. The maximum atomic E-state index is 10.9. The number of carbonyl (C=O) groups is 1. The molecule has 2 rings (SSSR count). The van der Waals surface area contributed by atoms with Gasteiger partial charge in [0.25, 0.3) is 0 Å². The normalized spacial score (nSPS) is 10.2. The highest BCUT2D eigenvalue weighted by molar-refractivity contribution is 5.84. The first-order valence-electron chi connectivity index (χ1n) is 6.67. The Hall–Kier alpha value is -2.29. The van der Waals surface area contributed by atoms with Crippen molar-refractivity contribution < 1.29 is 14.3 Å². The Kier molecular flexibility index (Phi) is 4.77. The Labute approximate surface area is 118 Å². The smallest absolute Gasteiger partial charge is 0.330 e. The highest BCUT2D eigenvalue weighted by Crippen LogP contribution is 2.22. The first-order chi connectivity index (χ1) is 9.72. The van der Waals surface area contributed by atoms with Gasteiger partial charge in [0, 0.05) is 6.08 Å². The Morgan fingerprint density at radius 2 is 1.90 bits per heavy atom. The van der Waals surface area contributed by atoms with Crippen LogP contribution in [0.4, 0.5) is 0 Å². The second kappa shape index (κ2) is 6.75. The quantitative estimate of drug-likeness (QED) is 0.458. The molecule has 2 aromatic rings. The van der Waals surface area contributed by atoms with E-state index in [2.05, 4.69) is 31.7 Å². The van der Waals surface area contributed by atoms with Gasteiger partial charge in [-0.05, 0) is 34.9 Å². The molecule has 20 heavy (non-hydrogen) atoms. The summed E-state index contributed by atoms with van der Waals surface area (Å²) in [6.45, 7) is 6.02. The summed E-state index contributed by atoms with van der Waals surface area (Å²) in [6.07, 6.45) is 2.17. The van der Waals surface area contributed by atoms with E-state index in [1.54, 1.807) is 0 Å². The molecule has 0 aromatic heterocycles. The zero-order valence-corrected chi connectivity index (χ0v) is 11.6. The SMILES string of the molecule is C=CC(=O)OCCOc1ccc2cc(CC)ccc2c1. The van der Waals surface area contributed by atoms with Crippen LogP contribution in [0.5, 0.6) is 5.75 Å². The van der Waals surface area contributed by atoms with Gasteiger partial charge in [-0.25, -0.2) is 4.79 Å². The van der Waals surface area contributed by atoms with Gasteiger partial charge in [-0.3, -0.25) is 0 Å². The van der Waals surface area contributed by atoms with E-state index in [1.165, 1.54) is 10.9 Å². The summed E-state index contributed by atoms with van der Waals surface area (Å²) in [5.41, 5.74) is 1.32. The van der Waals surface area contributed by atoms with E-state index < -0.39 is 5.97 Å². The van der Waals surface area contributed by atoms with E-state index in [9.17, 15) is 4.79 Å². The van der Waals surface area contributed by atoms with E-state index in [1.807, 2.05) is 18.2 Å². The van der Waals surface area contributed by atoms with Crippen molar-refractivity contribution in [3.8, 4) is 5.75 Å². The van der Waals surface area contributed by atoms with Crippen LogP contribution in [0.1, 0.15) is 12.5 Å². The molecule has 0 atom stereocenters. The third-order valence-electron chi connectivity index (χ3n) is 3.05. The first kappa shape index (κ1) is 14.1. The number of hydrogen-bond acceptors (Lipinski definition) is 3. The molecule has 0 saturated carbocycles. The Balaban J connectivity index is 1.97. The maximum Gasteiger partial charge on any atom is 0.330 e. The summed E-state index contributed by atoms with van der Waals surface area (Å²) in [6, 6.07) is 12.4. The standard InChI is InChI=1S/C17H18O3/c1-3-13-5-6-15-12-16(8-7-14(15)11-13)19-9-10-20-17(18)4-2/h4-8,11-12H,2-3,9-10H2,1H3. The van der Waals surface area contributed by atoms with Crippen LogP contribution in [0.25, 0.3) is 10.8 Å². The summed E-state index contributed by atoms with van der Waals surface area (Å²) < 4.78 is 10.4. The van der Waals surface area contributed by atoms with Gasteiger partial charge in [0.2, 0.25) is 0 Å². The summed E-state index contributed by atoms with van der Waals surface area (Å²) >= 11 is 0. The maximum absolute atomic E-state index is 10.9. The van der Waals surface area contributed by atoms with Crippen molar-refractivity contribution in [1.29, 1.82) is 0 Å². The van der Waals surface area contributed by atoms with Gasteiger partial charge in [-0.1, -0.05) is 37.8 Å². The number of rotatable bonds is 6. The Morgan fingerprint density at radius 3 is 2.65 bits per heavy atom. The molecule has 0 heterocycles. The average Bonchev–Trinajstić information content (AvgIpc) is 2.50. The molecule has 0 amide bonds. The fourth-order valence-electron chi connectivity index (χ4n) is 1.94. The molecule has 0 saturated heterocycles. The number of fused-ring (bicyclic) bond motifs is 1. The van der Waals surface area contributed by atoms with Crippen molar-refractivity contribution in [1.82, 2.24) is 0 Å². The van der Waals surface area contributed by atoms with Crippen LogP contribution >= 0.6 is 0 Å². The van der Waals surface area contributed by atoms with Crippen molar-refractivity contribution in [2.45, 2.75) is 13.3 Å². The molecule has 0 unspecified atom stereocenters. The van der Waals surface area contributed by atoms with Gasteiger partial charge in [-0.15, -0.1) is 0 Å². The van der Waals surface area contributed by atoms with Crippen LogP contribution in [-0.4, -0.2) is 19.2 Å². The molecule has 2 aromatic carbocycles. The number of hydrogen-bond donors (Lipinski definition) is 0. The van der Waals surface area contributed by atoms with Crippen LogP contribution < -0.4 is 4.74 Å². The van der Waals surface area contributed by atoms with Gasteiger partial charge in [0.1, 0.15) is 19.0 Å². The molecule has 0 aliphatic carbocycles. The minimum Gasteiger partial charge on any atom is -0.490 e. The van der Waals surface area contributed by atoms with Gasteiger partial charge in [-0.2, -0.15) is 0 Å². The molecule has 104 valence electrons. The van der Waals surface area contributed by atoms with E-state index in [0.29, 0.717) is 6.61 Å². The molecule has 0 spiro atoms. The molecule has 0 aliphatic heterocycles.